The smallest absolute Gasteiger partial charge is 0.325 e. The van der Waals surface area contributed by atoms with Crippen molar-refractivity contribution in [3.63, 3.8) is 0 Å². The molecular formula is C44H48Cl2N4O6. The SMILES string of the molecule is CCCCOC(=O)[C@H]1[C@@H](c2ccc(C)cc2)N2[C@H](C(=O)OCCCC)[C@@H](C(=O)Nc3ccc(Cl)cc3)[C@@H](c3ccc(C)cc3)N2[C@H]1C(=O)Nc1ccc(Cl)cc1. The molecule has 2 amide bonds. The molecule has 0 spiro atoms. The van der Waals surface area contributed by atoms with Gasteiger partial charge < -0.3 is 20.1 Å². The van der Waals surface area contributed by atoms with E-state index in [1.807, 2.05) is 76.2 Å². The van der Waals surface area contributed by atoms with Crippen LogP contribution in [0.1, 0.15) is 73.9 Å². The second-order valence-electron chi connectivity index (χ2n) is 14.4. The van der Waals surface area contributed by atoms with Crippen LogP contribution in [0.5, 0.6) is 0 Å². The minimum atomic E-state index is -1.25. The predicted molar refractivity (Wildman–Crippen MR) is 218 cm³/mol. The molecule has 4 aromatic carbocycles. The Bertz CT molecular complexity index is 1990. The van der Waals surface area contributed by atoms with Gasteiger partial charge in [0.1, 0.15) is 18.0 Å². The van der Waals surface area contributed by atoms with Crippen LogP contribution in [0.3, 0.4) is 0 Å². The van der Waals surface area contributed by atoms with Gasteiger partial charge in [0, 0.05) is 21.4 Å². The molecule has 0 aliphatic carbocycles. The highest BCUT2D eigenvalue weighted by molar-refractivity contribution is 6.31. The largest absolute Gasteiger partial charge is 0.465 e. The van der Waals surface area contributed by atoms with Crippen LogP contribution in [0.2, 0.25) is 10.0 Å². The van der Waals surface area contributed by atoms with Gasteiger partial charge in [-0.1, -0.05) is 110 Å². The summed E-state index contributed by atoms with van der Waals surface area (Å²) in [4.78, 5) is 59.2. The molecule has 12 heteroatoms. The molecule has 0 saturated carbocycles. The monoisotopic (exact) mass is 798 g/mol. The number of fused-ring (bicyclic) bond motifs is 1. The summed E-state index contributed by atoms with van der Waals surface area (Å²) >= 11 is 12.4. The van der Waals surface area contributed by atoms with E-state index in [4.69, 9.17) is 32.7 Å². The predicted octanol–water partition coefficient (Wildman–Crippen LogP) is 8.87. The molecule has 0 aromatic heterocycles. The minimum absolute atomic E-state index is 0.137. The second kappa shape index (κ2) is 18.5. The fourth-order valence-corrected chi connectivity index (χ4v) is 7.83. The number of amides is 2. The Balaban J connectivity index is 1.59. The lowest BCUT2D eigenvalue weighted by atomic mass is 9.81. The minimum Gasteiger partial charge on any atom is -0.465 e. The summed E-state index contributed by atoms with van der Waals surface area (Å²) in [6.07, 6.45) is 2.83. The number of hydrogen-bond acceptors (Lipinski definition) is 8. The molecule has 2 heterocycles. The third-order valence-corrected chi connectivity index (χ3v) is 10.9. The number of benzene rings is 4. The number of carbonyl (C=O) groups excluding carboxylic acids is 4. The molecule has 2 aliphatic rings. The van der Waals surface area contributed by atoms with Gasteiger partial charge in [0.05, 0.1) is 31.2 Å². The third-order valence-electron chi connectivity index (χ3n) is 10.4. The highest BCUT2D eigenvalue weighted by atomic mass is 35.5. The van der Waals surface area contributed by atoms with Crippen LogP contribution in [-0.4, -0.2) is 59.1 Å². The van der Waals surface area contributed by atoms with E-state index in [0.29, 0.717) is 45.4 Å². The Morgan fingerprint density at radius 1 is 0.554 bits per heavy atom. The van der Waals surface area contributed by atoms with Crippen molar-refractivity contribution in [2.24, 2.45) is 11.8 Å². The number of ether oxygens (including phenoxy) is 2. The van der Waals surface area contributed by atoms with Crippen molar-refractivity contribution in [2.45, 2.75) is 77.5 Å². The van der Waals surface area contributed by atoms with Gasteiger partial charge in [-0.25, -0.2) is 10.0 Å². The number of nitrogens with zero attached hydrogens (tertiary/aromatic N) is 2. The van der Waals surface area contributed by atoms with E-state index in [1.165, 1.54) is 0 Å². The molecule has 56 heavy (non-hydrogen) atoms. The van der Waals surface area contributed by atoms with Crippen LogP contribution in [0.4, 0.5) is 11.4 Å². The Kier molecular flexibility index (Phi) is 13.5. The highest BCUT2D eigenvalue weighted by Crippen LogP contribution is 2.56. The number of aryl methyl sites for hydroxylation is 2. The van der Waals surface area contributed by atoms with Gasteiger partial charge in [-0.3, -0.25) is 19.2 Å². The average Bonchev–Trinajstić information content (AvgIpc) is 3.71. The lowest BCUT2D eigenvalue weighted by Gasteiger charge is -2.33. The molecule has 294 valence electrons. The van der Waals surface area contributed by atoms with Gasteiger partial charge in [0.25, 0.3) is 0 Å². The normalized spacial score (nSPS) is 22.0. The van der Waals surface area contributed by atoms with Crippen molar-refractivity contribution >= 4 is 58.3 Å². The van der Waals surface area contributed by atoms with E-state index >= 15 is 0 Å². The molecule has 0 radical (unpaired) electrons. The Labute approximate surface area is 338 Å². The number of halogens is 2. The standard InChI is InChI=1S/C44H48Cl2N4O6/c1-5-7-25-55-43(53)36-38(30-15-11-28(4)12-16-30)50-40(44(54)56-26-8-6-2)35(41(51)47-33-21-17-31(45)18-22-33)37(29-13-9-27(3)10-14-29)49(50)39(36)42(52)48-34-23-19-32(46)20-24-34/h9-24,35-40H,5-8,25-26H2,1-4H3,(H,47,51)(H,48,52)/t35-,36-,37+,38+,39+,40-/m0/s1. The average molecular weight is 800 g/mol. The molecule has 6 atom stereocenters. The van der Waals surface area contributed by atoms with Crippen molar-refractivity contribution in [1.29, 1.82) is 0 Å². The molecule has 2 N–H and O–H groups in total. The Morgan fingerprint density at radius 2 is 0.964 bits per heavy atom. The summed E-state index contributed by atoms with van der Waals surface area (Å²) in [5.41, 5.74) is 4.25. The zero-order chi connectivity index (χ0) is 39.9. The maximum Gasteiger partial charge on any atom is 0.325 e. The molecule has 2 saturated heterocycles. The van der Waals surface area contributed by atoms with E-state index in [0.717, 1.165) is 24.0 Å². The topological polar surface area (TPSA) is 117 Å². The lowest BCUT2D eigenvalue weighted by molar-refractivity contribution is -0.158. The van der Waals surface area contributed by atoms with Gasteiger partial charge in [0.2, 0.25) is 11.8 Å². The fraction of sp³-hybridized carbons (Fsp3) is 0.364. The van der Waals surface area contributed by atoms with Crippen LogP contribution in [0, 0.1) is 25.7 Å². The molecule has 0 bridgehead atoms. The summed E-state index contributed by atoms with van der Waals surface area (Å²) in [5.74, 6) is -4.44. The Hall–Kier alpha value is -4.74. The molecular weight excluding hydrogens is 751 g/mol. The van der Waals surface area contributed by atoms with Crippen molar-refractivity contribution in [2.75, 3.05) is 23.8 Å². The first kappa shape index (κ1) is 40.9. The fourth-order valence-electron chi connectivity index (χ4n) is 7.58. The van der Waals surface area contributed by atoms with Crippen molar-refractivity contribution < 1.29 is 28.7 Å². The number of unbranched alkanes of at least 4 members (excludes halogenated alkanes) is 2. The van der Waals surface area contributed by atoms with Crippen LogP contribution < -0.4 is 10.6 Å². The number of rotatable bonds is 14. The molecule has 2 fully saturated rings. The van der Waals surface area contributed by atoms with Crippen molar-refractivity contribution in [3.05, 3.63) is 129 Å². The molecule has 6 rings (SSSR count). The van der Waals surface area contributed by atoms with Gasteiger partial charge >= 0.3 is 11.9 Å². The lowest BCUT2D eigenvalue weighted by Crippen LogP contribution is -2.48. The summed E-state index contributed by atoms with van der Waals surface area (Å²) in [6, 6.07) is 24.4. The highest BCUT2D eigenvalue weighted by Gasteiger charge is 2.68. The van der Waals surface area contributed by atoms with E-state index in [2.05, 4.69) is 10.6 Å². The van der Waals surface area contributed by atoms with Gasteiger partial charge in [-0.15, -0.1) is 0 Å². The van der Waals surface area contributed by atoms with E-state index in [9.17, 15) is 19.2 Å². The maximum absolute atomic E-state index is 15.0. The van der Waals surface area contributed by atoms with Gasteiger partial charge in [0.15, 0.2) is 0 Å². The van der Waals surface area contributed by atoms with Crippen molar-refractivity contribution in [1.82, 2.24) is 10.0 Å². The van der Waals surface area contributed by atoms with Crippen LogP contribution in [0.25, 0.3) is 0 Å². The number of carbonyl (C=O) groups is 4. The van der Waals surface area contributed by atoms with E-state index in [-0.39, 0.29) is 13.2 Å². The first-order valence-corrected chi connectivity index (χ1v) is 19.9. The summed E-state index contributed by atoms with van der Waals surface area (Å²) < 4.78 is 11.9. The van der Waals surface area contributed by atoms with E-state index < -0.39 is 59.8 Å². The molecule has 10 nitrogen and oxygen atoms in total. The molecule has 4 aromatic rings. The number of nitrogens with one attached hydrogen (secondary N) is 2. The number of esters is 2. The second-order valence-corrected chi connectivity index (χ2v) is 15.3. The Morgan fingerprint density at radius 3 is 1.43 bits per heavy atom. The zero-order valence-electron chi connectivity index (χ0n) is 32.0. The summed E-state index contributed by atoms with van der Waals surface area (Å²) in [6.45, 7) is 8.20. The van der Waals surface area contributed by atoms with E-state index in [1.54, 1.807) is 58.5 Å². The summed E-state index contributed by atoms with van der Waals surface area (Å²) in [5, 5.41) is 10.5. The zero-order valence-corrected chi connectivity index (χ0v) is 33.6. The van der Waals surface area contributed by atoms with Gasteiger partial charge in [-0.05, 0) is 86.3 Å². The quantitative estimate of drug-likeness (QED) is 0.0961. The number of anilines is 2. The van der Waals surface area contributed by atoms with Crippen molar-refractivity contribution in [3.8, 4) is 0 Å². The first-order chi connectivity index (χ1) is 27.0. The summed E-state index contributed by atoms with van der Waals surface area (Å²) in [7, 11) is 0. The maximum atomic E-state index is 15.0. The van der Waals surface area contributed by atoms with Crippen LogP contribution in [0.15, 0.2) is 97.1 Å². The van der Waals surface area contributed by atoms with Gasteiger partial charge in [-0.2, -0.15) is 0 Å². The third kappa shape index (κ3) is 8.94. The van der Waals surface area contributed by atoms with Crippen LogP contribution >= 0.6 is 23.2 Å². The number of hydrazine groups is 1. The molecule has 2 aliphatic heterocycles. The molecule has 0 unspecified atom stereocenters. The first-order valence-electron chi connectivity index (χ1n) is 19.2. The number of hydrogen-bond donors (Lipinski definition) is 2. The van der Waals surface area contributed by atoms with Crippen LogP contribution in [-0.2, 0) is 28.7 Å².